The van der Waals surface area contributed by atoms with Gasteiger partial charge in [-0.15, -0.1) is 12.4 Å². The van der Waals surface area contributed by atoms with E-state index >= 15 is 0 Å². The molecule has 15 rings (SSSR count). The number of carbonyl (C=O) groups is 2. The van der Waals surface area contributed by atoms with Crippen LogP contribution in [0.15, 0.2) is 59.3 Å². The van der Waals surface area contributed by atoms with Gasteiger partial charge in [0.25, 0.3) is 23.0 Å². The molecule has 11 heterocycles. The fraction of sp³-hybridized carbons (Fsp3) is 0.625. The molecule has 8 fully saturated rings. The maximum atomic E-state index is 13.5. The number of hydrogen-bond donors (Lipinski definition) is 9. The van der Waals surface area contributed by atoms with Gasteiger partial charge in [0.05, 0.1) is 37.8 Å². The maximum Gasteiger partial charge on any atom is 0.359 e. The first kappa shape index (κ1) is 98.1. The monoisotopic (exact) mass is 1820 g/mol. The first-order valence-corrected chi connectivity index (χ1v) is 43.6. The number of anilines is 4. The molecule has 0 spiro atoms. The molecule has 126 heavy (non-hydrogen) atoms. The van der Waals surface area contributed by atoms with Crippen LogP contribution in [0.25, 0.3) is 17.8 Å². The number of allylic oxidation sites excluding steroid dienone is 1. The lowest BCUT2D eigenvalue weighted by molar-refractivity contribution is -0.138. The molecule has 36 nitrogen and oxygen atoms in total. The van der Waals surface area contributed by atoms with E-state index in [9.17, 15) is 63.3 Å². The standard InChI is InChI=1S/C21H28F2N6O3.C19H26F2N6O2.C18H24F2N6O2.C15H22F2N4O3S.C7H12N2O2.ClH/c1-4-31-19(30)18-13(2)10-29(27-18)20-25-16(24-14-5-7-21(22,23)8-6-14)9-17(26-20)32-15-11-28(3)12-15;1-12-8-27(25-15(12)11-28)18-23-16(22-13-3-5-19(20,21)6-4-13)7-17(24-18)29-14-9-26(2)10-14;1-11-9-26(25-14(11)10-27)17-23-15(6-16(24-17)28-13-7-21-8-13)22-12-2-4-18(19,20)5-3-12;1-21-8-11(9-21)24-13-7-12(19-14(20-13)25(2,22)23)18-10-3-5-15(16,17)6-4-10;1-3-11-7(10)6(9)5(2)4-8;/h9-10,14-15H,4-8,11-12H2,1-3H3,(H,24,25,26);7-8,13-14,28H,3-6,9-11H2,1-2H3,(H,22,23,24);6,9,12-13,21,27H,2-5,7-8,10H2,1H3,(H,22,23,24);7,10-11H,3-6,8-9H2,1-2H3,(H,18,19,20);4,8H,3,9H2,1-2H3;1H. The molecule has 0 aromatic carbocycles. The van der Waals surface area contributed by atoms with Crippen molar-refractivity contribution >= 4 is 63.7 Å². The summed E-state index contributed by atoms with van der Waals surface area (Å²) in [6.07, 6.45) is 8.86. The Hall–Kier alpha value is -10.1. The number of nitrogens with zero attached hydrogens (tertiary/aromatic N) is 17. The molecule has 694 valence electrons. The first-order chi connectivity index (χ1) is 59.2. The number of alkyl halides is 8. The van der Waals surface area contributed by atoms with Gasteiger partial charge in [-0.2, -0.15) is 50.2 Å². The van der Waals surface area contributed by atoms with Crippen LogP contribution in [0.2, 0.25) is 0 Å². The van der Waals surface area contributed by atoms with Gasteiger partial charge in [0.15, 0.2) is 5.69 Å². The molecule has 4 saturated heterocycles. The number of nitrogens with two attached hydrogens (primary N) is 1. The van der Waals surface area contributed by atoms with Gasteiger partial charge >= 0.3 is 11.9 Å². The quantitative estimate of drug-likeness (QED) is 0.00761. The highest BCUT2D eigenvalue weighted by molar-refractivity contribution is 7.90. The summed E-state index contributed by atoms with van der Waals surface area (Å²) in [6, 6.07) is 6.16. The fourth-order valence-electron chi connectivity index (χ4n) is 14.3. The number of hydrogen-bond acceptors (Lipinski definition) is 33. The average molecular weight is 1820 g/mol. The van der Waals surface area contributed by atoms with Crippen LogP contribution in [-0.2, 0) is 37.3 Å². The molecule has 7 aromatic heterocycles. The number of esters is 2. The molecular weight excluding hydrogens is 1710 g/mol. The Kier molecular flexibility index (Phi) is 33.6. The molecule has 0 radical (unpaired) electrons. The van der Waals surface area contributed by atoms with E-state index in [0.717, 1.165) is 76.0 Å². The van der Waals surface area contributed by atoms with Crippen LogP contribution in [0, 0.1) is 26.2 Å². The molecular formula is C80H113ClF8N24O12S. The third kappa shape index (κ3) is 28.5. The average Bonchev–Trinajstić information content (AvgIpc) is 1.44. The van der Waals surface area contributed by atoms with Crippen molar-refractivity contribution in [2.75, 3.05) is 114 Å². The number of sulfone groups is 1. The molecule has 0 bridgehead atoms. The smallest absolute Gasteiger partial charge is 0.359 e. The minimum absolute atomic E-state index is 0. The molecule has 4 aliphatic carbocycles. The summed E-state index contributed by atoms with van der Waals surface area (Å²) in [6.45, 7) is 16.8. The van der Waals surface area contributed by atoms with Gasteiger partial charge in [0, 0.05) is 189 Å². The van der Waals surface area contributed by atoms with E-state index in [2.05, 4.69) is 101 Å². The second-order valence-corrected chi connectivity index (χ2v) is 34.6. The first-order valence-electron chi connectivity index (χ1n) is 41.7. The molecule has 10 N–H and O–H groups in total. The Labute approximate surface area is 730 Å². The minimum atomic E-state index is -3.62. The van der Waals surface area contributed by atoms with Gasteiger partial charge in [0.2, 0.25) is 57.0 Å². The molecule has 0 atom stereocenters. The van der Waals surface area contributed by atoms with Crippen molar-refractivity contribution in [3.05, 3.63) is 87.9 Å². The normalized spacial score (nSPS) is 19.6. The number of aliphatic hydroxyl groups excluding tert-OH is 2. The summed E-state index contributed by atoms with van der Waals surface area (Å²) >= 11 is 0. The number of nitrogens with one attached hydrogen (secondary N) is 6. The summed E-state index contributed by atoms with van der Waals surface area (Å²) in [5.41, 5.74) is 9.29. The number of likely N-dealkylation sites (N-methyl/N-ethyl adjacent to an activating group) is 3. The van der Waals surface area contributed by atoms with E-state index in [1.165, 1.54) is 20.1 Å². The highest BCUT2D eigenvalue weighted by atomic mass is 35.5. The number of likely N-dealkylation sites (tertiary alicyclic amines) is 3. The van der Waals surface area contributed by atoms with Gasteiger partial charge in [-0.05, 0) is 131 Å². The lowest BCUT2D eigenvalue weighted by Gasteiger charge is -2.35. The van der Waals surface area contributed by atoms with Crippen molar-refractivity contribution in [2.24, 2.45) is 5.73 Å². The molecule has 7 aromatic rings. The Morgan fingerprint density at radius 3 is 1.10 bits per heavy atom. The molecule has 0 unspecified atom stereocenters. The number of rotatable bonds is 27. The Morgan fingerprint density at radius 2 is 0.817 bits per heavy atom. The fourth-order valence-corrected chi connectivity index (χ4v) is 14.8. The summed E-state index contributed by atoms with van der Waals surface area (Å²) in [7, 11) is 2.35. The number of aryl methyl sites for hydroxylation is 3. The van der Waals surface area contributed by atoms with Crippen LogP contribution in [-0.4, -0.2) is 286 Å². The van der Waals surface area contributed by atoms with Gasteiger partial charge in [-0.1, -0.05) is 0 Å². The number of ether oxygens (including phenoxy) is 6. The van der Waals surface area contributed by atoms with E-state index in [1.54, 1.807) is 64.5 Å². The van der Waals surface area contributed by atoms with E-state index < -0.39 is 45.5 Å². The van der Waals surface area contributed by atoms with Gasteiger partial charge in [0.1, 0.15) is 53.4 Å². The van der Waals surface area contributed by atoms with Crippen LogP contribution >= 0.6 is 12.4 Å². The van der Waals surface area contributed by atoms with Crippen molar-refractivity contribution in [3.8, 4) is 41.4 Å². The summed E-state index contributed by atoms with van der Waals surface area (Å²) in [4.78, 5) is 64.1. The van der Waals surface area contributed by atoms with Crippen molar-refractivity contribution in [3.63, 3.8) is 0 Å². The molecule has 8 aliphatic rings. The number of aliphatic hydroxyl groups is 2. The molecule has 4 saturated carbocycles. The van der Waals surface area contributed by atoms with Crippen LogP contribution < -0.4 is 51.3 Å². The largest absolute Gasteiger partial charge is 0.471 e. The topological polar surface area (TPSA) is 440 Å². The van der Waals surface area contributed by atoms with Crippen LogP contribution in [0.1, 0.15) is 162 Å². The minimum Gasteiger partial charge on any atom is -0.471 e. The van der Waals surface area contributed by atoms with Gasteiger partial charge in [-0.3, -0.25) is 14.7 Å². The highest BCUT2D eigenvalue weighted by Crippen LogP contribution is 2.39. The predicted molar refractivity (Wildman–Crippen MR) is 450 cm³/mol. The third-order valence-electron chi connectivity index (χ3n) is 21.8. The number of aromatic nitrogens is 14. The Bertz CT molecular complexity index is 4940. The van der Waals surface area contributed by atoms with Crippen LogP contribution in [0.5, 0.6) is 23.5 Å². The van der Waals surface area contributed by atoms with Crippen molar-refractivity contribution in [1.29, 1.82) is 5.41 Å². The molecule has 46 heteroatoms. The second-order valence-electron chi connectivity index (χ2n) is 32.7. The number of carbonyl (C=O) groups excluding carboxylic acids is 2. The zero-order valence-electron chi connectivity index (χ0n) is 72.0. The molecule has 0 amide bonds. The zero-order valence-corrected chi connectivity index (χ0v) is 73.7. The lowest BCUT2D eigenvalue weighted by Crippen LogP contribution is -2.51. The summed E-state index contributed by atoms with van der Waals surface area (Å²) < 4.78 is 169. The summed E-state index contributed by atoms with van der Waals surface area (Å²) in [5, 5.41) is 54.1. The molecule has 4 aliphatic heterocycles. The number of halogens is 9. The maximum absolute atomic E-state index is 13.5. The van der Waals surface area contributed by atoms with Crippen molar-refractivity contribution < 1.29 is 91.8 Å². The lowest BCUT2D eigenvalue weighted by atomic mass is 9.92. The summed E-state index contributed by atoms with van der Waals surface area (Å²) in [5.74, 6) is -7.48. The Morgan fingerprint density at radius 1 is 0.508 bits per heavy atom. The van der Waals surface area contributed by atoms with E-state index in [1.807, 2.05) is 35.0 Å². The SMILES string of the molecule is CCOC(=O)C(N)=C(C)C=N.CCOC(=O)c1nn(-c2nc(NC3CCC(F)(F)CC3)cc(OC3CN(C)C3)n2)cc1C.CN1CC(Oc2cc(NC3CCC(F)(F)CC3)nc(S(C)(=O)=O)n2)C1.Cc1cn(-c2nc(NC3CCC(F)(F)CC3)cc(OC3CN(C)C3)n2)nc1CO.Cc1cn(-c2nc(NC3CCC(F)(F)CC3)cc(OC3CNC3)n2)nc1CO.Cl. The van der Waals surface area contributed by atoms with Gasteiger partial charge in [-0.25, -0.2) is 72.2 Å². The van der Waals surface area contributed by atoms with Crippen LogP contribution in [0.3, 0.4) is 0 Å². The van der Waals surface area contributed by atoms with Crippen LogP contribution in [0.4, 0.5) is 58.4 Å². The van der Waals surface area contributed by atoms with Crippen molar-refractivity contribution in [2.45, 2.75) is 235 Å². The predicted octanol–water partition coefficient (Wildman–Crippen LogP) is 9.20. The van der Waals surface area contributed by atoms with Gasteiger partial charge < -0.3 is 76.4 Å². The van der Waals surface area contributed by atoms with E-state index in [4.69, 9.17) is 34.8 Å². The highest BCUT2D eigenvalue weighted by Gasteiger charge is 2.40. The Balaban J connectivity index is 0.000000168. The van der Waals surface area contributed by atoms with E-state index in [0.29, 0.717) is 127 Å². The van der Waals surface area contributed by atoms with E-state index in [-0.39, 0.29) is 166 Å². The second kappa shape index (κ2) is 43.2. The van der Waals surface area contributed by atoms with Crippen molar-refractivity contribution in [1.82, 2.24) is 89.2 Å². The zero-order chi connectivity index (χ0) is 90.3. The third-order valence-corrected chi connectivity index (χ3v) is 22.6.